The van der Waals surface area contributed by atoms with Gasteiger partial charge in [0.25, 0.3) is 0 Å². The number of halogens is 1. The van der Waals surface area contributed by atoms with Crippen molar-refractivity contribution in [3.8, 4) is 0 Å². The van der Waals surface area contributed by atoms with Crippen molar-refractivity contribution < 1.29 is 18.7 Å². The van der Waals surface area contributed by atoms with E-state index in [1.54, 1.807) is 0 Å². The molecule has 0 bridgehead atoms. The first kappa shape index (κ1) is 11.2. The maximum absolute atomic E-state index is 11.3. The quantitative estimate of drug-likeness (QED) is 0.526. The van der Waals surface area contributed by atoms with E-state index < -0.39 is 6.09 Å². The summed E-state index contributed by atoms with van der Waals surface area (Å²) in [6.45, 7) is 5.94. The van der Waals surface area contributed by atoms with Crippen molar-refractivity contribution in [1.82, 2.24) is 5.54 Å². The second-order valence-electron chi connectivity index (χ2n) is 3.19. The second kappa shape index (κ2) is 4.92. The minimum atomic E-state index is -1.09. The number of rotatable bonds is 3. The molecule has 72 valence electrons. The smallest absolute Gasteiger partial charge is 0.435 e. The minimum absolute atomic E-state index is 0.0486. The Morgan fingerprint density at radius 2 is 2.00 bits per heavy atom. The zero-order valence-electron chi connectivity index (χ0n) is 7.52. The standard InChI is InChI=1S/C7H14FNO3/c1-7(2,3)12-5-4-11-6(10)9-8/h4-5H2,1-3H3,(H,9,10). The lowest BCUT2D eigenvalue weighted by Crippen LogP contribution is -2.24. The van der Waals surface area contributed by atoms with Crippen LogP contribution in [0.15, 0.2) is 0 Å². The third-order valence-corrected chi connectivity index (χ3v) is 0.929. The fourth-order valence-electron chi connectivity index (χ4n) is 0.509. The summed E-state index contributed by atoms with van der Waals surface area (Å²) in [5, 5.41) is 0. The summed E-state index contributed by atoms with van der Waals surface area (Å²) in [6.07, 6.45) is -1.09. The Morgan fingerprint density at radius 1 is 1.42 bits per heavy atom. The van der Waals surface area contributed by atoms with Crippen molar-refractivity contribution in [1.29, 1.82) is 0 Å². The minimum Gasteiger partial charge on any atom is -0.445 e. The molecule has 0 atom stereocenters. The third-order valence-electron chi connectivity index (χ3n) is 0.929. The summed E-state index contributed by atoms with van der Waals surface area (Å²) >= 11 is 0. The molecule has 1 amide bonds. The van der Waals surface area contributed by atoms with Crippen molar-refractivity contribution in [3.63, 3.8) is 0 Å². The molecule has 0 rings (SSSR count). The number of ether oxygens (including phenoxy) is 2. The van der Waals surface area contributed by atoms with Crippen LogP contribution in [0.1, 0.15) is 20.8 Å². The fourth-order valence-corrected chi connectivity index (χ4v) is 0.509. The number of hydrogen-bond acceptors (Lipinski definition) is 3. The van der Waals surface area contributed by atoms with Crippen LogP contribution in [-0.2, 0) is 9.47 Å². The summed E-state index contributed by atoms with van der Waals surface area (Å²) in [7, 11) is 0. The van der Waals surface area contributed by atoms with Gasteiger partial charge in [-0.2, -0.15) is 5.54 Å². The highest BCUT2D eigenvalue weighted by molar-refractivity contribution is 5.65. The molecule has 0 radical (unpaired) electrons. The summed E-state index contributed by atoms with van der Waals surface area (Å²) in [5.41, 5.74) is 0.578. The Morgan fingerprint density at radius 3 is 2.42 bits per heavy atom. The van der Waals surface area contributed by atoms with Crippen molar-refractivity contribution >= 4 is 6.09 Å². The van der Waals surface area contributed by atoms with Crippen LogP contribution >= 0.6 is 0 Å². The molecule has 0 aliphatic heterocycles. The highest BCUT2D eigenvalue weighted by Crippen LogP contribution is 2.05. The number of amides is 1. The average Bonchev–Trinajstić information content (AvgIpc) is 1.96. The topological polar surface area (TPSA) is 47.6 Å². The van der Waals surface area contributed by atoms with E-state index in [9.17, 15) is 9.28 Å². The molecule has 0 spiro atoms. The van der Waals surface area contributed by atoms with Crippen LogP contribution in [0.4, 0.5) is 9.28 Å². The normalized spacial score (nSPS) is 11.0. The molecule has 0 heterocycles. The Hall–Kier alpha value is -0.840. The molecular formula is C7H14FNO3. The summed E-state index contributed by atoms with van der Waals surface area (Å²) < 4.78 is 20.8. The van der Waals surface area contributed by atoms with Crippen molar-refractivity contribution in [3.05, 3.63) is 0 Å². The van der Waals surface area contributed by atoms with Crippen molar-refractivity contribution in [2.75, 3.05) is 13.2 Å². The monoisotopic (exact) mass is 179 g/mol. The van der Waals surface area contributed by atoms with Crippen LogP contribution in [-0.4, -0.2) is 24.9 Å². The van der Waals surface area contributed by atoms with Gasteiger partial charge < -0.3 is 9.47 Å². The van der Waals surface area contributed by atoms with E-state index >= 15 is 0 Å². The van der Waals surface area contributed by atoms with Crippen molar-refractivity contribution in [2.24, 2.45) is 0 Å². The number of carbonyl (C=O) groups is 1. The van der Waals surface area contributed by atoms with Gasteiger partial charge in [-0.15, -0.1) is 0 Å². The Bertz CT molecular complexity index is 144. The summed E-state index contributed by atoms with van der Waals surface area (Å²) in [4.78, 5) is 10.2. The van der Waals surface area contributed by atoms with Crippen LogP contribution in [0, 0.1) is 0 Å². The zero-order valence-corrected chi connectivity index (χ0v) is 7.52. The molecule has 12 heavy (non-hydrogen) atoms. The van der Waals surface area contributed by atoms with E-state index in [0.29, 0.717) is 0 Å². The fraction of sp³-hybridized carbons (Fsp3) is 0.857. The maximum Gasteiger partial charge on any atom is 0.435 e. The van der Waals surface area contributed by atoms with Gasteiger partial charge >= 0.3 is 6.09 Å². The van der Waals surface area contributed by atoms with E-state index in [-0.39, 0.29) is 18.8 Å². The van der Waals surface area contributed by atoms with Gasteiger partial charge in [-0.25, -0.2) is 4.79 Å². The van der Waals surface area contributed by atoms with Crippen LogP contribution < -0.4 is 5.54 Å². The van der Waals surface area contributed by atoms with Gasteiger partial charge in [0, 0.05) is 0 Å². The van der Waals surface area contributed by atoms with Crippen molar-refractivity contribution in [2.45, 2.75) is 26.4 Å². The van der Waals surface area contributed by atoms with E-state index in [1.165, 1.54) is 0 Å². The highest BCUT2D eigenvalue weighted by atomic mass is 19.2. The Kier molecular flexibility index (Phi) is 4.58. The number of nitrogens with one attached hydrogen (secondary N) is 1. The molecular weight excluding hydrogens is 165 g/mol. The molecule has 0 unspecified atom stereocenters. The predicted octanol–water partition coefficient (Wildman–Crippen LogP) is 1.41. The third kappa shape index (κ3) is 7.27. The van der Waals surface area contributed by atoms with Crippen LogP contribution in [0.2, 0.25) is 0 Å². The van der Waals surface area contributed by atoms with Crippen LogP contribution in [0.5, 0.6) is 0 Å². The van der Waals surface area contributed by atoms with Gasteiger partial charge in [0.15, 0.2) is 0 Å². The first-order valence-corrected chi connectivity index (χ1v) is 3.63. The summed E-state index contributed by atoms with van der Waals surface area (Å²) in [6, 6.07) is 0. The summed E-state index contributed by atoms with van der Waals surface area (Å²) in [5.74, 6) is 0. The molecule has 0 aromatic carbocycles. The molecule has 0 fully saturated rings. The molecule has 0 aromatic heterocycles. The predicted molar refractivity (Wildman–Crippen MR) is 41.3 cm³/mol. The van der Waals surface area contributed by atoms with Crippen LogP contribution in [0.3, 0.4) is 0 Å². The first-order chi connectivity index (χ1) is 5.45. The van der Waals surface area contributed by atoms with Gasteiger partial charge in [0.2, 0.25) is 0 Å². The lowest BCUT2D eigenvalue weighted by Gasteiger charge is -2.18. The van der Waals surface area contributed by atoms with Gasteiger partial charge in [-0.3, -0.25) is 0 Å². The lowest BCUT2D eigenvalue weighted by molar-refractivity contribution is -0.0244. The largest absolute Gasteiger partial charge is 0.445 e. The van der Waals surface area contributed by atoms with Crippen LogP contribution in [0.25, 0.3) is 0 Å². The maximum atomic E-state index is 11.3. The zero-order chi connectivity index (χ0) is 9.61. The first-order valence-electron chi connectivity index (χ1n) is 3.63. The number of carbonyl (C=O) groups excluding carboxylic acids is 1. The molecule has 5 heteroatoms. The molecule has 0 aliphatic carbocycles. The molecule has 0 aromatic rings. The highest BCUT2D eigenvalue weighted by Gasteiger charge is 2.09. The molecule has 0 saturated carbocycles. The van der Waals surface area contributed by atoms with E-state index in [0.717, 1.165) is 5.54 Å². The SMILES string of the molecule is CC(C)(C)OCCOC(=O)NF. The number of hydrogen-bond donors (Lipinski definition) is 1. The van der Waals surface area contributed by atoms with E-state index in [1.807, 2.05) is 20.8 Å². The Balaban J connectivity index is 3.28. The van der Waals surface area contributed by atoms with E-state index in [2.05, 4.69) is 4.74 Å². The lowest BCUT2D eigenvalue weighted by atomic mass is 10.2. The van der Waals surface area contributed by atoms with Gasteiger partial charge in [0.1, 0.15) is 6.61 Å². The molecule has 0 saturated heterocycles. The van der Waals surface area contributed by atoms with Gasteiger partial charge in [-0.05, 0) is 20.8 Å². The molecule has 0 aliphatic rings. The average molecular weight is 179 g/mol. The molecule has 1 N–H and O–H groups in total. The van der Waals surface area contributed by atoms with E-state index in [4.69, 9.17) is 4.74 Å². The Labute approximate surface area is 71.0 Å². The van der Waals surface area contributed by atoms with Gasteiger partial charge in [-0.1, -0.05) is 4.48 Å². The second-order valence-corrected chi connectivity index (χ2v) is 3.19. The van der Waals surface area contributed by atoms with Gasteiger partial charge in [0.05, 0.1) is 12.2 Å². The molecule has 4 nitrogen and oxygen atoms in total.